The number of ketones is 2. The van der Waals surface area contributed by atoms with E-state index in [0.717, 1.165) is 44.9 Å². The Bertz CT molecular complexity index is 245. The van der Waals surface area contributed by atoms with Gasteiger partial charge in [0.05, 0.1) is 5.41 Å². The fourth-order valence-corrected chi connectivity index (χ4v) is 2.58. The largest absolute Gasteiger partial charge is 0.299 e. The summed E-state index contributed by atoms with van der Waals surface area (Å²) >= 11 is 0. The van der Waals surface area contributed by atoms with Crippen molar-refractivity contribution >= 4 is 11.6 Å². The number of carbonyl (C=O) groups excluding carboxylic acids is 2. The molecule has 1 atom stereocenters. The summed E-state index contributed by atoms with van der Waals surface area (Å²) in [5.74, 6) is 0.306. The molecule has 0 aromatic heterocycles. The molecule has 2 nitrogen and oxygen atoms in total. The van der Waals surface area contributed by atoms with Crippen LogP contribution in [0.4, 0.5) is 0 Å². The van der Waals surface area contributed by atoms with E-state index >= 15 is 0 Å². The third-order valence-corrected chi connectivity index (χ3v) is 3.67. The minimum Gasteiger partial charge on any atom is -0.299 e. The molecule has 0 spiro atoms. The zero-order valence-corrected chi connectivity index (χ0v) is 9.97. The number of carbonyl (C=O) groups is 2. The molecule has 0 N–H and O–H groups in total. The highest BCUT2D eigenvalue weighted by molar-refractivity contribution is 6.06. The van der Waals surface area contributed by atoms with E-state index in [9.17, 15) is 9.59 Å². The van der Waals surface area contributed by atoms with Gasteiger partial charge in [0.15, 0.2) is 0 Å². The van der Waals surface area contributed by atoms with Gasteiger partial charge in [-0.1, -0.05) is 32.6 Å². The van der Waals surface area contributed by atoms with Gasteiger partial charge in [0, 0.05) is 6.42 Å². The van der Waals surface area contributed by atoms with Crippen molar-refractivity contribution in [2.45, 2.75) is 65.2 Å². The van der Waals surface area contributed by atoms with E-state index < -0.39 is 5.41 Å². The van der Waals surface area contributed by atoms with E-state index in [-0.39, 0.29) is 11.6 Å². The molecule has 0 saturated heterocycles. The molecule has 2 heteroatoms. The maximum atomic E-state index is 11.9. The minimum atomic E-state index is -0.590. The zero-order chi connectivity index (χ0) is 11.3. The van der Waals surface area contributed by atoms with Crippen LogP contribution < -0.4 is 0 Å². The molecule has 1 aliphatic carbocycles. The molecule has 0 aromatic carbocycles. The lowest BCUT2D eigenvalue weighted by atomic mass is 9.67. The number of rotatable bonds is 5. The highest BCUT2D eigenvalue weighted by Crippen LogP contribution is 2.38. The average molecular weight is 210 g/mol. The predicted octanol–water partition coefficient (Wildman–Crippen LogP) is 3.29. The van der Waals surface area contributed by atoms with Crippen LogP contribution in [0.1, 0.15) is 65.2 Å². The molecule has 1 fully saturated rings. The second kappa shape index (κ2) is 5.43. The first kappa shape index (κ1) is 12.4. The molecular formula is C13H22O2. The molecule has 15 heavy (non-hydrogen) atoms. The monoisotopic (exact) mass is 210 g/mol. The first-order chi connectivity index (χ1) is 7.13. The fourth-order valence-electron chi connectivity index (χ4n) is 2.58. The van der Waals surface area contributed by atoms with Crippen molar-refractivity contribution in [2.75, 3.05) is 0 Å². The van der Waals surface area contributed by atoms with Crippen LogP contribution in [0.2, 0.25) is 0 Å². The molecule has 86 valence electrons. The van der Waals surface area contributed by atoms with Gasteiger partial charge in [-0.15, -0.1) is 0 Å². The van der Waals surface area contributed by atoms with E-state index in [2.05, 4.69) is 6.92 Å². The topological polar surface area (TPSA) is 34.1 Å². The van der Waals surface area contributed by atoms with Crippen molar-refractivity contribution in [1.82, 2.24) is 0 Å². The quantitative estimate of drug-likeness (QED) is 0.515. The Morgan fingerprint density at radius 2 is 2.07 bits per heavy atom. The van der Waals surface area contributed by atoms with Crippen LogP contribution in [-0.4, -0.2) is 11.6 Å². The summed E-state index contributed by atoms with van der Waals surface area (Å²) in [5, 5.41) is 0. The second-order valence-electron chi connectivity index (χ2n) is 4.73. The van der Waals surface area contributed by atoms with Crippen LogP contribution in [0, 0.1) is 5.41 Å². The first-order valence-corrected chi connectivity index (χ1v) is 6.18. The normalized spacial score (nSPS) is 26.7. The van der Waals surface area contributed by atoms with Crippen molar-refractivity contribution in [2.24, 2.45) is 5.41 Å². The summed E-state index contributed by atoms with van der Waals surface area (Å²) in [7, 11) is 0. The van der Waals surface area contributed by atoms with Crippen LogP contribution >= 0.6 is 0 Å². The van der Waals surface area contributed by atoms with Crippen molar-refractivity contribution in [3.63, 3.8) is 0 Å². The summed E-state index contributed by atoms with van der Waals surface area (Å²) < 4.78 is 0. The molecule has 1 unspecified atom stereocenters. The van der Waals surface area contributed by atoms with Gasteiger partial charge in [-0.2, -0.15) is 0 Å². The number of hydrogen-bond donors (Lipinski definition) is 0. The van der Waals surface area contributed by atoms with E-state index in [0.29, 0.717) is 6.42 Å². The Balaban J connectivity index is 2.68. The summed E-state index contributed by atoms with van der Waals surface area (Å²) in [6.45, 7) is 3.73. The highest BCUT2D eigenvalue weighted by atomic mass is 16.2. The Morgan fingerprint density at radius 3 is 2.60 bits per heavy atom. The third-order valence-electron chi connectivity index (χ3n) is 3.67. The standard InChI is InChI=1S/C13H22O2/c1-3-4-6-9-13(11(2)14)10-7-5-8-12(13)15/h3-10H2,1-2H3. The van der Waals surface area contributed by atoms with Gasteiger partial charge in [-0.25, -0.2) is 0 Å². The number of Topliss-reactive ketones (excluding diaryl/α,β-unsaturated/α-hetero) is 2. The molecule has 1 saturated carbocycles. The highest BCUT2D eigenvalue weighted by Gasteiger charge is 2.43. The van der Waals surface area contributed by atoms with Crippen molar-refractivity contribution in [3.05, 3.63) is 0 Å². The van der Waals surface area contributed by atoms with Crippen LogP contribution in [0.5, 0.6) is 0 Å². The predicted molar refractivity (Wildman–Crippen MR) is 60.7 cm³/mol. The Labute approximate surface area is 92.4 Å². The molecule has 1 aliphatic rings. The molecule has 0 radical (unpaired) electrons. The fraction of sp³-hybridized carbons (Fsp3) is 0.846. The molecular weight excluding hydrogens is 188 g/mol. The number of unbranched alkanes of at least 4 members (excludes halogenated alkanes) is 2. The summed E-state index contributed by atoms with van der Waals surface area (Å²) in [6, 6.07) is 0. The van der Waals surface area contributed by atoms with Gasteiger partial charge in [0.25, 0.3) is 0 Å². The minimum absolute atomic E-state index is 0.100. The molecule has 0 heterocycles. The van der Waals surface area contributed by atoms with Gasteiger partial charge in [-0.3, -0.25) is 9.59 Å². The average Bonchev–Trinajstić information content (AvgIpc) is 2.21. The summed E-state index contributed by atoms with van der Waals surface area (Å²) in [5.41, 5.74) is -0.590. The maximum Gasteiger partial charge on any atom is 0.146 e. The smallest absolute Gasteiger partial charge is 0.146 e. The lowest BCUT2D eigenvalue weighted by Gasteiger charge is -2.33. The summed E-state index contributed by atoms with van der Waals surface area (Å²) in [6.07, 6.45) is 7.50. The lowest BCUT2D eigenvalue weighted by Crippen LogP contribution is -2.40. The maximum absolute atomic E-state index is 11.9. The van der Waals surface area contributed by atoms with Gasteiger partial charge >= 0.3 is 0 Å². The molecule has 0 aromatic rings. The SMILES string of the molecule is CCCCCC1(C(C)=O)CCCCC1=O. The molecule has 0 amide bonds. The Morgan fingerprint density at radius 1 is 1.33 bits per heavy atom. The molecule has 1 rings (SSSR count). The second-order valence-corrected chi connectivity index (χ2v) is 4.73. The van der Waals surface area contributed by atoms with E-state index in [1.807, 2.05) is 0 Å². The van der Waals surface area contributed by atoms with Crippen LogP contribution in [-0.2, 0) is 9.59 Å². The third kappa shape index (κ3) is 2.67. The van der Waals surface area contributed by atoms with Crippen molar-refractivity contribution in [1.29, 1.82) is 0 Å². The van der Waals surface area contributed by atoms with Gasteiger partial charge in [0.1, 0.15) is 11.6 Å². The lowest BCUT2D eigenvalue weighted by molar-refractivity contribution is -0.142. The number of hydrogen-bond acceptors (Lipinski definition) is 2. The van der Waals surface area contributed by atoms with Gasteiger partial charge < -0.3 is 0 Å². The Hall–Kier alpha value is -0.660. The van der Waals surface area contributed by atoms with Gasteiger partial charge in [-0.05, 0) is 26.2 Å². The zero-order valence-electron chi connectivity index (χ0n) is 9.97. The van der Waals surface area contributed by atoms with Crippen LogP contribution in [0.25, 0.3) is 0 Å². The molecule has 0 aliphatic heterocycles. The Kier molecular flexibility index (Phi) is 4.49. The van der Waals surface area contributed by atoms with E-state index in [4.69, 9.17) is 0 Å². The first-order valence-electron chi connectivity index (χ1n) is 6.18. The van der Waals surface area contributed by atoms with Crippen molar-refractivity contribution < 1.29 is 9.59 Å². The van der Waals surface area contributed by atoms with E-state index in [1.54, 1.807) is 6.92 Å². The molecule has 0 bridgehead atoms. The van der Waals surface area contributed by atoms with Crippen LogP contribution in [0.3, 0.4) is 0 Å². The van der Waals surface area contributed by atoms with E-state index in [1.165, 1.54) is 0 Å². The summed E-state index contributed by atoms with van der Waals surface area (Å²) in [4.78, 5) is 23.6. The van der Waals surface area contributed by atoms with Crippen LogP contribution in [0.15, 0.2) is 0 Å². The van der Waals surface area contributed by atoms with Crippen molar-refractivity contribution in [3.8, 4) is 0 Å². The van der Waals surface area contributed by atoms with Gasteiger partial charge in [0.2, 0.25) is 0 Å².